The highest BCUT2D eigenvalue weighted by Gasteiger charge is 2.10. The van der Waals surface area contributed by atoms with E-state index in [0.29, 0.717) is 27.9 Å². The van der Waals surface area contributed by atoms with Crippen LogP contribution in [-0.4, -0.2) is 19.2 Å². The van der Waals surface area contributed by atoms with Crippen LogP contribution in [0.2, 0.25) is 5.02 Å². The number of nitrogens with zero attached hydrogens (tertiary/aromatic N) is 1. The van der Waals surface area contributed by atoms with E-state index in [4.69, 9.17) is 20.8 Å². The average Bonchev–Trinajstić information content (AvgIpc) is 3.10. The molecule has 0 atom stereocenters. The summed E-state index contributed by atoms with van der Waals surface area (Å²) in [4.78, 5) is 12.1. The number of carbonyl (C=O) groups is 1. The molecule has 1 N–H and O–H groups in total. The first-order chi connectivity index (χ1) is 12.2. The highest BCUT2D eigenvalue weighted by atomic mass is 35.5. The van der Waals surface area contributed by atoms with Gasteiger partial charge in [-0.15, -0.1) is 0 Å². The molecule has 25 heavy (non-hydrogen) atoms. The number of carbonyl (C=O) groups excluding carboxylic acids is 1. The Balaban J connectivity index is 1.68. The van der Waals surface area contributed by atoms with Crippen LogP contribution in [0.4, 0.5) is 0 Å². The number of hydrogen-bond donors (Lipinski definition) is 1. The number of furan rings is 1. The van der Waals surface area contributed by atoms with Crippen LogP contribution in [0.15, 0.2) is 70.2 Å². The molecule has 0 saturated heterocycles. The number of ether oxygens (including phenoxy) is 1. The van der Waals surface area contributed by atoms with E-state index < -0.39 is 0 Å². The minimum atomic E-state index is -0.365. The molecule has 3 aromatic rings. The number of hydrogen-bond acceptors (Lipinski definition) is 4. The van der Waals surface area contributed by atoms with Gasteiger partial charge in [-0.2, -0.15) is 5.10 Å². The van der Waals surface area contributed by atoms with Crippen LogP contribution in [0.3, 0.4) is 0 Å². The van der Waals surface area contributed by atoms with E-state index in [1.165, 1.54) is 13.3 Å². The Bertz CT molecular complexity index is 918. The summed E-state index contributed by atoms with van der Waals surface area (Å²) in [6.07, 6.45) is 1.43. The fourth-order valence-electron chi connectivity index (χ4n) is 2.27. The summed E-state index contributed by atoms with van der Waals surface area (Å²) < 4.78 is 10.8. The van der Waals surface area contributed by atoms with E-state index in [2.05, 4.69) is 10.5 Å². The number of rotatable bonds is 5. The number of benzene rings is 2. The maximum Gasteiger partial charge on any atom is 0.275 e. The molecule has 6 heteroatoms. The Kier molecular flexibility index (Phi) is 5.16. The molecule has 0 fully saturated rings. The molecular formula is C19H15ClN2O3. The predicted molar refractivity (Wildman–Crippen MR) is 97.2 cm³/mol. The molecule has 3 rings (SSSR count). The first-order valence-electron chi connectivity index (χ1n) is 7.49. The maximum atomic E-state index is 12.1. The summed E-state index contributed by atoms with van der Waals surface area (Å²) in [5.41, 5.74) is 3.72. The van der Waals surface area contributed by atoms with Crippen LogP contribution in [0, 0.1) is 0 Å². The first kappa shape index (κ1) is 16.8. The van der Waals surface area contributed by atoms with Gasteiger partial charge in [0.25, 0.3) is 5.91 Å². The van der Waals surface area contributed by atoms with Crippen LogP contribution < -0.4 is 10.2 Å². The fraction of sp³-hybridized carbons (Fsp3) is 0.0526. The number of para-hydroxylation sites is 1. The van der Waals surface area contributed by atoms with Gasteiger partial charge in [-0.05, 0) is 36.4 Å². The third kappa shape index (κ3) is 4.08. The van der Waals surface area contributed by atoms with Crippen molar-refractivity contribution in [2.75, 3.05) is 7.11 Å². The molecule has 1 amide bonds. The zero-order chi connectivity index (χ0) is 17.6. The SMILES string of the molecule is COc1ccccc1C(=O)N/N=C\c1ccc(-c2cccc(Cl)c2)o1. The third-order valence-corrected chi connectivity index (χ3v) is 3.68. The largest absolute Gasteiger partial charge is 0.496 e. The minimum absolute atomic E-state index is 0.365. The predicted octanol–water partition coefficient (Wildman–Crippen LogP) is 4.37. The van der Waals surface area contributed by atoms with E-state index in [9.17, 15) is 4.79 Å². The van der Waals surface area contributed by atoms with Crippen LogP contribution in [0.1, 0.15) is 16.1 Å². The van der Waals surface area contributed by atoms with E-state index in [-0.39, 0.29) is 5.91 Å². The zero-order valence-electron chi connectivity index (χ0n) is 13.4. The summed E-state index contributed by atoms with van der Waals surface area (Å²) in [6.45, 7) is 0. The molecule has 126 valence electrons. The Labute approximate surface area is 149 Å². The standard InChI is InChI=1S/C19H15ClN2O3/c1-24-18-8-3-2-7-16(18)19(23)22-21-12-15-9-10-17(25-15)13-5-4-6-14(20)11-13/h2-12H,1H3,(H,22,23)/b21-12-. The van der Waals surface area contributed by atoms with Crippen molar-refractivity contribution in [3.05, 3.63) is 77.0 Å². The van der Waals surface area contributed by atoms with Gasteiger partial charge in [-0.25, -0.2) is 5.43 Å². The molecule has 5 nitrogen and oxygen atoms in total. The molecule has 0 aliphatic heterocycles. The smallest absolute Gasteiger partial charge is 0.275 e. The van der Waals surface area contributed by atoms with Crippen molar-refractivity contribution in [1.82, 2.24) is 5.43 Å². The number of methoxy groups -OCH3 is 1. The number of amides is 1. The minimum Gasteiger partial charge on any atom is -0.496 e. The van der Waals surface area contributed by atoms with Crippen molar-refractivity contribution in [3.8, 4) is 17.1 Å². The molecule has 0 spiro atoms. The van der Waals surface area contributed by atoms with Gasteiger partial charge in [0.2, 0.25) is 0 Å². The van der Waals surface area contributed by atoms with Crippen molar-refractivity contribution in [3.63, 3.8) is 0 Å². The average molecular weight is 355 g/mol. The van der Waals surface area contributed by atoms with Crippen LogP contribution in [0.25, 0.3) is 11.3 Å². The number of nitrogens with one attached hydrogen (secondary N) is 1. The van der Waals surface area contributed by atoms with E-state index in [1.807, 2.05) is 24.3 Å². The van der Waals surface area contributed by atoms with Crippen molar-refractivity contribution in [2.24, 2.45) is 5.10 Å². The van der Waals surface area contributed by atoms with Crippen molar-refractivity contribution in [2.45, 2.75) is 0 Å². The lowest BCUT2D eigenvalue weighted by atomic mass is 10.2. The lowest BCUT2D eigenvalue weighted by Crippen LogP contribution is -2.18. The fourth-order valence-corrected chi connectivity index (χ4v) is 2.46. The van der Waals surface area contributed by atoms with Gasteiger partial charge in [0.1, 0.15) is 17.3 Å². The first-order valence-corrected chi connectivity index (χ1v) is 7.87. The maximum absolute atomic E-state index is 12.1. The third-order valence-electron chi connectivity index (χ3n) is 3.45. The second-order valence-electron chi connectivity index (χ2n) is 5.11. The van der Waals surface area contributed by atoms with Gasteiger partial charge in [-0.3, -0.25) is 4.79 Å². The molecule has 2 aromatic carbocycles. The Morgan fingerprint density at radius 2 is 2.00 bits per heavy atom. The molecule has 0 aliphatic carbocycles. The number of halogens is 1. The van der Waals surface area contributed by atoms with Crippen molar-refractivity contribution in [1.29, 1.82) is 0 Å². The van der Waals surface area contributed by atoms with Crippen molar-refractivity contribution < 1.29 is 13.9 Å². The summed E-state index contributed by atoms with van der Waals surface area (Å²) in [7, 11) is 1.51. The van der Waals surface area contributed by atoms with Gasteiger partial charge in [0, 0.05) is 10.6 Å². The molecule has 0 saturated carbocycles. The Hall–Kier alpha value is -3.05. The topological polar surface area (TPSA) is 63.8 Å². The van der Waals surface area contributed by atoms with Gasteiger partial charge >= 0.3 is 0 Å². The second-order valence-corrected chi connectivity index (χ2v) is 5.55. The normalized spacial score (nSPS) is 10.8. The van der Waals surface area contributed by atoms with Crippen LogP contribution in [0.5, 0.6) is 5.75 Å². The Morgan fingerprint density at radius 3 is 2.80 bits per heavy atom. The van der Waals surface area contributed by atoms with Crippen molar-refractivity contribution >= 4 is 23.7 Å². The second kappa shape index (κ2) is 7.68. The summed E-state index contributed by atoms with van der Waals surface area (Å²) in [5, 5.41) is 4.55. The Morgan fingerprint density at radius 1 is 1.16 bits per heavy atom. The quantitative estimate of drug-likeness (QED) is 0.546. The lowest BCUT2D eigenvalue weighted by molar-refractivity contribution is 0.0952. The molecule has 0 aliphatic rings. The van der Waals surface area contributed by atoms with Crippen LogP contribution >= 0.6 is 11.6 Å². The molecule has 1 aromatic heterocycles. The molecule has 0 radical (unpaired) electrons. The summed E-state index contributed by atoms with van der Waals surface area (Å²) in [6, 6.07) is 17.8. The molecular weight excluding hydrogens is 340 g/mol. The summed E-state index contributed by atoms with van der Waals surface area (Å²) >= 11 is 5.98. The highest BCUT2D eigenvalue weighted by Crippen LogP contribution is 2.24. The van der Waals surface area contributed by atoms with E-state index in [1.54, 1.807) is 36.4 Å². The monoisotopic (exact) mass is 354 g/mol. The summed E-state index contributed by atoms with van der Waals surface area (Å²) in [5.74, 6) is 1.29. The van der Waals surface area contributed by atoms with Gasteiger partial charge < -0.3 is 9.15 Å². The highest BCUT2D eigenvalue weighted by molar-refractivity contribution is 6.30. The van der Waals surface area contributed by atoms with Gasteiger partial charge in [0.05, 0.1) is 18.9 Å². The molecule has 1 heterocycles. The van der Waals surface area contributed by atoms with Gasteiger partial charge in [-0.1, -0.05) is 35.9 Å². The molecule has 0 unspecified atom stereocenters. The number of hydrazone groups is 1. The zero-order valence-corrected chi connectivity index (χ0v) is 14.2. The molecule has 0 bridgehead atoms. The van der Waals surface area contributed by atoms with E-state index >= 15 is 0 Å². The van der Waals surface area contributed by atoms with Crippen LogP contribution in [-0.2, 0) is 0 Å². The van der Waals surface area contributed by atoms with Gasteiger partial charge in [0.15, 0.2) is 0 Å². The lowest BCUT2D eigenvalue weighted by Gasteiger charge is -2.05. The van der Waals surface area contributed by atoms with E-state index in [0.717, 1.165) is 5.56 Å².